The van der Waals surface area contributed by atoms with Gasteiger partial charge in [-0.3, -0.25) is 9.69 Å². The van der Waals surface area contributed by atoms with Gasteiger partial charge in [0.05, 0.1) is 18.1 Å². The smallest absolute Gasteiger partial charge is 0.176 e. The molecule has 0 aliphatic heterocycles. The van der Waals surface area contributed by atoms with Crippen LogP contribution in [-0.2, 0) is 0 Å². The lowest BCUT2D eigenvalue weighted by Crippen LogP contribution is -2.37. The van der Waals surface area contributed by atoms with Crippen molar-refractivity contribution < 1.29 is 9.53 Å². The van der Waals surface area contributed by atoms with E-state index in [1.54, 1.807) is 19.2 Å². The van der Waals surface area contributed by atoms with Gasteiger partial charge in [-0.15, -0.1) is 0 Å². The Labute approximate surface area is 164 Å². The molecule has 0 heterocycles. The first kappa shape index (κ1) is 20.6. The van der Waals surface area contributed by atoms with Crippen LogP contribution in [0.1, 0.15) is 35.8 Å². The number of hydrogen-bond donors (Lipinski definition) is 1. The fourth-order valence-electron chi connectivity index (χ4n) is 3.06. The van der Waals surface area contributed by atoms with E-state index in [1.165, 1.54) is 5.56 Å². The molecule has 2 rings (SSSR count). The zero-order valence-electron chi connectivity index (χ0n) is 15.7. The summed E-state index contributed by atoms with van der Waals surface area (Å²) < 4.78 is 6.00. The maximum Gasteiger partial charge on any atom is 0.176 e. The molecule has 140 valence electrons. The minimum Gasteiger partial charge on any atom is -0.496 e. The number of carbonyl (C=O) groups is 1. The van der Waals surface area contributed by atoms with Crippen molar-refractivity contribution in [1.82, 2.24) is 10.2 Å². The van der Waals surface area contributed by atoms with E-state index in [1.807, 2.05) is 12.1 Å². The Hall–Kier alpha value is -1.69. The van der Waals surface area contributed by atoms with Gasteiger partial charge in [0.2, 0.25) is 0 Å². The van der Waals surface area contributed by atoms with Gasteiger partial charge in [0, 0.05) is 18.2 Å². The molecule has 1 N–H and O–H groups in total. The number of rotatable bonds is 10. The van der Waals surface area contributed by atoms with E-state index in [0.717, 1.165) is 29.9 Å². The quantitative estimate of drug-likeness (QED) is 0.583. The third-order valence-electron chi connectivity index (χ3n) is 4.53. The number of ketones is 1. The van der Waals surface area contributed by atoms with Crippen LogP contribution in [0.4, 0.5) is 0 Å². The second-order valence-electron chi connectivity index (χ2n) is 6.05. The molecule has 0 saturated carbocycles. The van der Waals surface area contributed by atoms with E-state index in [0.29, 0.717) is 12.1 Å². The Morgan fingerprint density at radius 1 is 1.15 bits per heavy atom. The number of halogens is 1. The van der Waals surface area contributed by atoms with Crippen LogP contribution in [0.15, 0.2) is 53.0 Å². The van der Waals surface area contributed by atoms with Crippen LogP contribution in [0.5, 0.6) is 5.75 Å². The van der Waals surface area contributed by atoms with Crippen LogP contribution in [-0.4, -0.2) is 44.0 Å². The van der Waals surface area contributed by atoms with Crippen molar-refractivity contribution in [1.29, 1.82) is 0 Å². The number of methoxy groups -OCH3 is 1. The summed E-state index contributed by atoms with van der Waals surface area (Å²) in [7, 11) is 1.61. The highest BCUT2D eigenvalue weighted by atomic mass is 79.9. The molecule has 0 aliphatic carbocycles. The first-order chi connectivity index (χ1) is 12.6. The molecule has 2 aromatic carbocycles. The van der Waals surface area contributed by atoms with E-state index in [2.05, 4.69) is 64.3 Å². The van der Waals surface area contributed by atoms with Crippen molar-refractivity contribution >= 4 is 21.7 Å². The second kappa shape index (κ2) is 10.5. The van der Waals surface area contributed by atoms with Gasteiger partial charge in [-0.1, -0.05) is 44.2 Å². The van der Waals surface area contributed by atoms with E-state index < -0.39 is 0 Å². The van der Waals surface area contributed by atoms with Gasteiger partial charge in [0.1, 0.15) is 5.75 Å². The standard InChI is InChI=1S/C21H27BrN2O2/c1-4-24(5-2)19(16-9-7-6-8-10-16)14-23-15-20(25)17-11-12-21(26-3)18(22)13-17/h6-13,19,23H,4-5,14-15H2,1-3H3. The summed E-state index contributed by atoms with van der Waals surface area (Å²) in [5.41, 5.74) is 1.94. The summed E-state index contributed by atoms with van der Waals surface area (Å²) in [6.07, 6.45) is 0. The lowest BCUT2D eigenvalue weighted by molar-refractivity contribution is 0.0986. The third-order valence-corrected chi connectivity index (χ3v) is 5.15. The fourth-order valence-corrected chi connectivity index (χ4v) is 3.60. The van der Waals surface area contributed by atoms with Gasteiger partial charge in [-0.2, -0.15) is 0 Å². The van der Waals surface area contributed by atoms with Crippen molar-refractivity contribution in [2.24, 2.45) is 0 Å². The minimum atomic E-state index is 0.0692. The van der Waals surface area contributed by atoms with Gasteiger partial charge in [0.25, 0.3) is 0 Å². The molecular formula is C21H27BrN2O2. The van der Waals surface area contributed by atoms with E-state index >= 15 is 0 Å². The number of ether oxygens (including phenoxy) is 1. The van der Waals surface area contributed by atoms with E-state index in [4.69, 9.17) is 4.74 Å². The molecule has 26 heavy (non-hydrogen) atoms. The molecule has 0 radical (unpaired) electrons. The van der Waals surface area contributed by atoms with Crippen molar-refractivity contribution in [2.75, 3.05) is 33.3 Å². The normalized spacial score (nSPS) is 12.2. The number of likely N-dealkylation sites (N-methyl/N-ethyl adjacent to an activating group) is 1. The van der Waals surface area contributed by atoms with Gasteiger partial charge in [-0.25, -0.2) is 0 Å². The fraction of sp³-hybridized carbons (Fsp3) is 0.381. The molecule has 1 unspecified atom stereocenters. The van der Waals surface area contributed by atoms with Gasteiger partial charge in [-0.05, 0) is 52.8 Å². The zero-order valence-corrected chi connectivity index (χ0v) is 17.3. The molecule has 5 heteroatoms. The minimum absolute atomic E-state index is 0.0692. The van der Waals surface area contributed by atoms with Gasteiger partial charge in [0.15, 0.2) is 5.78 Å². The van der Waals surface area contributed by atoms with Crippen LogP contribution in [0.25, 0.3) is 0 Å². The number of carbonyl (C=O) groups excluding carboxylic acids is 1. The highest BCUT2D eigenvalue weighted by molar-refractivity contribution is 9.10. The summed E-state index contributed by atoms with van der Waals surface area (Å²) in [4.78, 5) is 14.9. The third kappa shape index (κ3) is 5.40. The van der Waals surface area contributed by atoms with Crippen LogP contribution in [0.2, 0.25) is 0 Å². The molecule has 0 aromatic heterocycles. The molecule has 2 aromatic rings. The van der Waals surface area contributed by atoms with Crippen LogP contribution in [0, 0.1) is 0 Å². The Bertz CT molecular complexity index is 702. The Balaban J connectivity index is 2.00. The Morgan fingerprint density at radius 2 is 1.85 bits per heavy atom. The molecule has 0 aliphatic rings. The van der Waals surface area contributed by atoms with Crippen LogP contribution < -0.4 is 10.1 Å². The maximum atomic E-state index is 12.5. The number of nitrogens with zero attached hydrogens (tertiary/aromatic N) is 1. The zero-order chi connectivity index (χ0) is 18.9. The van der Waals surface area contributed by atoms with Crippen molar-refractivity contribution in [3.8, 4) is 5.75 Å². The maximum absolute atomic E-state index is 12.5. The first-order valence-electron chi connectivity index (χ1n) is 8.97. The molecule has 0 spiro atoms. The molecule has 1 atom stereocenters. The molecular weight excluding hydrogens is 392 g/mol. The predicted molar refractivity (Wildman–Crippen MR) is 110 cm³/mol. The van der Waals surface area contributed by atoms with Crippen molar-refractivity contribution in [2.45, 2.75) is 19.9 Å². The lowest BCUT2D eigenvalue weighted by atomic mass is 10.0. The van der Waals surface area contributed by atoms with Crippen LogP contribution >= 0.6 is 15.9 Å². The number of nitrogens with one attached hydrogen (secondary N) is 1. The summed E-state index contributed by atoms with van der Waals surface area (Å²) in [6.45, 7) is 7.31. The van der Waals surface area contributed by atoms with Crippen LogP contribution in [0.3, 0.4) is 0 Å². The average Bonchev–Trinajstić information content (AvgIpc) is 2.68. The summed E-state index contributed by atoms with van der Waals surface area (Å²) in [5.74, 6) is 0.792. The van der Waals surface area contributed by atoms with Crippen molar-refractivity contribution in [3.63, 3.8) is 0 Å². The highest BCUT2D eigenvalue weighted by Gasteiger charge is 2.18. The van der Waals surface area contributed by atoms with Gasteiger partial charge < -0.3 is 10.1 Å². The highest BCUT2D eigenvalue weighted by Crippen LogP contribution is 2.25. The summed E-state index contributed by atoms with van der Waals surface area (Å²) >= 11 is 3.43. The Morgan fingerprint density at radius 3 is 2.42 bits per heavy atom. The molecule has 0 saturated heterocycles. The SMILES string of the molecule is CCN(CC)C(CNCC(=O)c1ccc(OC)c(Br)c1)c1ccccc1. The van der Waals surface area contributed by atoms with Gasteiger partial charge >= 0.3 is 0 Å². The largest absolute Gasteiger partial charge is 0.496 e. The number of benzene rings is 2. The monoisotopic (exact) mass is 418 g/mol. The summed E-state index contributed by atoms with van der Waals surface area (Å²) in [6, 6.07) is 16.1. The number of Topliss-reactive ketones (excluding diaryl/α,β-unsaturated/α-hetero) is 1. The molecule has 0 amide bonds. The van der Waals surface area contributed by atoms with E-state index in [9.17, 15) is 4.79 Å². The van der Waals surface area contributed by atoms with E-state index in [-0.39, 0.29) is 11.8 Å². The predicted octanol–water partition coefficient (Wildman–Crippen LogP) is 4.31. The second-order valence-corrected chi connectivity index (χ2v) is 6.91. The Kier molecular flexibility index (Phi) is 8.29. The first-order valence-corrected chi connectivity index (χ1v) is 9.76. The summed E-state index contributed by atoms with van der Waals surface area (Å²) in [5, 5.41) is 3.34. The number of hydrogen-bond acceptors (Lipinski definition) is 4. The molecule has 4 nitrogen and oxygen atoms in total. The van der Waals surface area contributed by atoms with Crippen molar-refractivity contribution in [3.05, 3.63) is 64.1 Å². The average molecular weight is 419 g/mol. The molecule has 0 bridgehead atoms. The topological polar surface area (TPSA) is 41.6 Å². The lowest BCUT2D eigenvalue weighted by Gasteiger charge is -2.30. The molecule has 0 fully saturated rings.